The van der Waals surface area contributed by atoms with Crippen LogP contribution in [0.4, 0.5) is 0 Å². The van der Waals surface area contributed by atoms with E-state index in [1.54, 1.807) is 12.3 Å². The summed E-state index contributed by atoms with van der Waals surface area (Å²) in [6.45, 7) is 1.17. The van der Waals surface area contributed by atoms with E-state index in [4.69, 9.17) is 23.2 Å². The molecule has 0 atom stereocenters. The number of rotatable bonds is 6. The van der Waals surface area contributed by atoms with Gasteiger partial charge in [0.2, 0.25) is 5.91 Å². The molecular weight excluding hydrogens is 417 g/mol. The fourth-order valence-electron chi connectivity index (χ4n) is 3.04. The molecule has 0 N–H and O–H groups in total. The topological polar surface area (TPSA) is 63.9 Å². The van der Waals surface area contributed by atoms with E-state index in [0.29, 0.717) is 39.7 Å². The van der Waals surface area contributed by atoms with Gasteiger partial charge in [-0.15, -0.1) is 10.2 Å². The molecular formula is C19H17Cl2N5OS. The van der Waals surface area contributed by atoms with Crippen LogP contribution in [0.1, 0.15) is 24.2 Å². The van der Waals surface area contributed by atoms with Gasteiger partial charge >= 0.3 is 0 Å². The van der Waals surface area contributed by atoms with E-state index in [1.165, 1.54) is 11.8 Å². The molecule has 1 saturated heterocycles. The zero-order valence-corrected chi connectivity index (χ0v) is 17.2. The van der Waals surface area contributed by atoms with Crippen LogP contribution in [-0.2, 0) is 17.1 Å². The highest BCUT2D eigenvalue weighted by molar-refractivity contribution is 7.98. The predicted molar refractivity (Wildman–Crippen MR) is 110 cm³/mol. The van der Waals surface area contributed by atoms with Gasteiger partial charge in [-0.3, -0.25) is 9.36 Å². The molecule has 1 aliphatic heterocycles. The number of carbonyl (C=O) groups excluding carboxylic acids is 1. The summed E-state index contributed by atoms with van der Waals surface area (Å²) in [6.07, 6.45) is 3.20. The molecule has 0 bridgehead atoms. The lowest BCUT2D eigenvalue weighted by atomic mass is 10.2. The molecule has 0 saturated carbocycles. The van der Waals surface area contributed by atoms with Gasteiger partial charge in [0.15, 0.2) is 11.0 Å². The van der Waals surface area contributed by atoms with Crippen LogP contribution < -0.4 is 0 Å². The van der Waals surface area contributed by atoms with Gasteiger partial charge in [-0.05, 0) is 36.2 Å². The Kier molecular flexibility index (Phi) is 5.85. The third kappa shape index (κ3) is 4.16. The Labute approximate surface area is 176 Å². The van der Waals surface area contributed by atoms with Crippen molar-refractivity contribution < 1.29 is 4.79 Å². The third-order valence-electron chi connectivity index (χ3n) is 4.45. The number of nitrogens with zero attached hydrogens (tertiary/aromatic N) is 5. The number of aromatic nitrogens is 4. The summed E-state index contributed by atoms with van der Waals surface area (Å²) < 4.78 is 1.90. The first-order valence-corrected chi connectivity index (χ1v) is 10.6. The minimum absolute atomic E-state index is 0.151. The lowest BCUT2D eigenvalue weighted by Crippen LogP contribution is -2.25. The maximum atomic E-state index is 12.0. The minimum atomic E-state index is 0.151. The van der Waals surface area contributed by atoms with Crippen molar-refractivity contribution in [1.29, 1.82) is 0 Å². The maximum Gasteiger partial charge on any atom is 0.223 e. The molecule has 0 unspecified atom stereocenters. The van der Waals surface area contributed by atoms with Gasteiger partial charge in [-0.1, -0.05) is 47.1 Å². The number of likely N-dealkylation sites (tertiary alicyclic amines) is 1. The molecule has 0 radical (unpaired) electrons. The van der Waals surface area contributed by atoms with E-state index < -0.39 is 0 Å². The highest BCUT2D eigenvalue weighted by Crippen LogP contribution is 2.29. The number of pyridine rings is 1. The van der Waals surface area contributed by atoms with Crippen LogP contribution in [0, 0.1) is 0 Å². The zero-order chi connectivity index (χ0) is 19.5. The van der Waals surface area contributed by atoms with Crippen LogP contribution >= 0.6 is 35.0 Å². The summed E-state index contributed by atoms with van der Waals surface area (Å²) in [4.78, 5) is 18.3. The third-order valence-corrected chi connectivity index (χ3v) is 6.02. The van der Waals surface area contributed by atoms with E-state index >= 15 is 0 Å². The molecule has 1 aromatic carbocycles. The highest BCUT2D eigenvalue weighted by Gasteiger charge is 2.24. The number of hydrogen-bond acceptors (Lipinski definition) is 5. The minimum Gasteiger partial charge on any atom is -0.335 e. The highest BCUT2D eigenvalue weighted by atomic mass is 35.5. The molecule has 1 amide bonds. The number of halogens is 2. The Hall–Kier alpha value is -2.09. The second kappa shape index (κ2) is 8.51. The van der Waals surface area contributed by atoms with Crippen LogP contribution in [0.25, 0.3) is 5.82 Å². The number of amides is 1. The molecule has 9 heteroatoms. The van der Waals surface area contributed by atoms with Crippen LogP contribution in [-0.4, -0.2) is 37.1 Å². The smallest absolute Gasteiger partial charge is 0.223 e. The van der Waals surface area contributed by atoms with Crippen LogP contribution in [0.3, 0.4) is 0 Å². The summed E-state index contributed by atoms with van der Waals surface area (Å²) in [5.74, 6) is 2.18. The van der Waals surface area contributed by atoms with Gasteiger partial charge in [-0.25, -0.2) is 4.98 Å². The lowest BCUT2D eigenvalue weighted by Gasteiger charge is -2.16. The van der Waals surface area contributed by atoms with E-state index in [2.05, 4.69) is 15.2 Å². The molecule has 28 heavy (non-hydrogen) atoms. The van der Waals surface area contributed by atoms with E-state index in [-0.39, 0.29) is 5.91 Å². The van der Waals surface area contributed by atoms with Crippen molar-refractivity contribution in [3.8, 4) is 5.82 Å². The summed E-state index contributed by atoms with van der Waals surface area (Å²) in [7, 11) is 0. The Morgan fingerprint density at radius 2 is 2.04 bits per heavy atom. The van der Waals surface area contributed by atoms with Gasteiger partial charge in [0.1, 0.15) is 5.82 Å². The van der Waals surface area contributed by atoms with Crippen molar-refractivity contribution in [2.45, 2.75) is 30.3 Å². The van der Waals surface area contributed by atoms with Gasteiger partial charge in [-0.2, -0.15) is 0 Å². The molecule has 6 nitrogen and oxygen atoms in total. The first-order chi connectivity index (χ1) is 13.6. The molecule has 144 valence electrons. The van der Waals surface area contributed by atoms with Gasteiger partial charge in [0, 0.05) is 35.0 Å². The quantitative estimate of drug-likeness (QED) is 0.539. The lowest BCUT2D eigenvalue weighted by molar-refractivity contribution is -0.128. The van der Waals surface area contributed by atoms with Crippen molar-refractivity contribution in [3.63, 3.8) is 0 Å². The van der Waals surface area contributed by atoms with E-state index in [9.17, 15) is 4.79 Å². The Morgan fingerprint density at radius 3 is 2.75 bits per heavy atom. The van der Waals surface area contributed by atoms with Crippen LogP contribution in [0.5, 0.6) is 0 Å². The Balaban J connectivity index is 1.62. The average Bonchev–Trinajstić information content (AvgIpc) is 3.28. The van der Waals surface area contributed by atoms with Gasteiger partial charge in [0.25, 0.3) is 0 Å². The SMILES string of the molecule is O=C1CCCN1Cc1nnc(SCc2ccc(Cl)cc2Cl)n1-c1ccccn1. The number of hydrogen-bond donors (Lipinski definition) is 0. The predicted octanol–water partition coefficient (Wildman–Crippen LogP) is 4.38. The Morgan fingerprint density at radius 1 is 1.14 bits per heavy atom. The van der Waals surface area contributed by atoms with Crippen molar-refractivity contribution in [1.82, 2.24) is 24.6 Å². The molecule has 2 aromatic heterocycles. The first kappa shape index (κ1) is 19.2. The fraction of sp³-hybridized carbons (Fsp3) is 0.263. The first-order valence-electron chi connectivity index (χ1n) is 8.82. The van der Waals surface area contributed by atoms with E-state index in [0.717, 1.165) is 24.3 Å². The van der Waals surface area contributed by atoms with E-state index in [1.807, 2.05) is 39.8 Å². The second-order valence-corrected chi connectivity index (χ2v) is 8.15. The van der Waals surface area contributed by atoms with Crippen LogP contribution in [0.2, 0.25) is 10.0 Å². The van der Waals surface area contributed by atoms with Crippen molar-refractivity contribution in [2.75, 3.05) is 6.54 Å². The van der Waals surface area contributed by atoms with Crippen LogP contribution in [0.15, 0.2) is 47.8 Å². The second-order valence-electron chi connectivity index (χ2n) is 6.37. The molecule has 4 rings (SSSR count). The van der Waals surface area contributed by atoms with Crippen molar-refractivity contribution >= 4 is 40.9 Å². The molecule has 1 fully saturated rings. The van der Waals surface area contributed by atoms with Gasteiger partial charge in [0.05, 0.1) is 6.54 Å². The summed E-state index contributed by atoms with van der Waals surface area (Å²) in [6, 6.07) is 11.1. The molecule has 3 heterocycles. The zero-order valence-electron chi connectivity index (χ0n) is 14.9. The normalized spacial score (nSPS) is 14.1. The monoisotopic (exact) mass is 433 g/mol. The summed E-state index contributed by atoms with van der Waals surface area (Å²) >= 11 is 13.8. The average molecular weight is 434 g/mol. The van der Waals surface area contributed by atoms with Gasteiger partial charge < -0.3 is 4.90 Å². The maximum absolute atomic E-state index is 12.0. The standard InChI is InChI=1S/C19H17Cl2N5OS/c20-14-7-6-13(15(21)10-14)12-28-19-24-23-17(11-25-9-3-5-18(25)27)26(19)16-4-1-2-8-22-16/h1-2,4,6-8,10H,3,5,9,11-12H2. The number of thioether (sulfide) groups is 1. The van der Waals surface area contributed by atoms with Crippen molar-refractivity contribution in [2.24, 2.45) is 0 Å². The number of benzene rings is 1. The molecule has 0 aliphatic carbocycles. The number of carbonyl (C=O) groups is 1. The molecule has 3 aromatic rings. The summed E-state index contributed by atoms with van der Waals surface area (Å²) in [5, 5.41) is 10.6. The molecule has 1 aliphatic rings. The largest absolute Gasteiger partial charge is 0.335 e. The summed E-state index contributed by atoms with van der Waals surface area (Å²) in [5.41, 5.74) is 0.961. The molecule has 0 spiro atoms. The fourth-order valence-corrected chi connectivity index (χ4v) is 4.55. The Bertz CT molecular complexity index is 995. The van der Waals surface area contributed by atoms with Crippen molar-refractivity contribution in [3.05, 3.63) is 64.0 Å².